The van der Waals surface area contributed by atoms with E-state index in [1.54, 1.807) is 0 Å². The van der Waals surface area contributed by atoms with E-state index in [1.165, 1.54) is 64.2 Å². The molecule has 0 aromatic carbocycles. The molecule has 1 unspecified atom stereocenters. The second-order valence-electron chi connectivity index (χ2n) is 5.81. The summed E-state index contributed by atoms with van der Waals surface area (Å²) in [6.07, 6.45) is 13.4. The fraction of sp³-hybridized carbons (Fsp3) is 1.00. The van der Waals surface area contributed by atoms with Gasteiger partial charge in [0.2, 0.25) is 0 Å². The van der Waals surface area contributed by atoms with Crippen LogP contribution in [0.2, 0.25) is 0 Å². The van der Waals surface area contributed by atoms with Crippen molar-refractivity contribution in [1.29, 1.82) is 0 Å². The van der Waals surface area contributed by atoms with Crippen LogP contribution in [-0.2, 0) is 0 Å². The van der Waals surface area contributed by atoms with E-state index >= 15 is 0 Å². The summed E-state index contributed by atoms with van der Waals surface area (Å²) in [5.74, 6) is 0. The zero-order valence-electron chi connectivity index (χ0n) is 11.6. The zero-order valence-corrected chi connectivity index (χ0v) is 11.6. The molecule has 0 aromatic rings. The van der Waals surface area contributed by atoms with E-state index in [-0.39, 0.29) is 5.41 Å². The maximum atomic E-state index is 9.48. The Morgan fingerprint density at radius 3 is 2.18 bits per heavy atom. The van der Waals surface area contributed by atoms with Crippen molar-refractivity contribution in [3.63, 3.8) is 0 Å². The normalized spacial score (nSPS) is 24.4. The summed E-state index contributed by atoms with van der Waals surface area (Å²) in [5, 5.41) is 12.9. The molecular formula is C15H31NO. The summed E-state index contributed by atoms with van der Waals surface area (Å²) in [6, 6.07) is 0. The Balaban J connectivity index is 1.92. The first-order valence-corrected chi connectivity index (χ1v) is 7.64. The number of unbranched alkanes of at least 4 members (excludes halogenated alkanes) is 7. The molecule has 0 aliphatic carbocycles. The number of aliphatic hydroxyl groups is 1. The predicted molar refractivity (Wildman–Crippen MR) is 74.2 cm³/mol. The quantitative estimate of drug-likeness (QED) is 0.574. The summed E-state index contributed by atoms with van der Waals surface area (Å²) in [5.41, 5.74) is 0.224. The van der Waals surface area contributed by atoms with Crippen LogP contribution in [0, 0.1) is 5.41 Å². The third-order valence-electron chi connectivity index (χ3n) is 4.23. The topological polar surface area (TPSA) is 32.3 Å². The van der Waals surface area contributed by atoms with Crippen LogP contribution >= 0.6 is 0 Å². The number of aliphatic hydroxyl groups excluding tert-OH is 1. The molecule has 1 aliphatic heterocycles. The molecule has 102 valence electrons. The Morgan fingerprint density at radius 2 is 1.65 bits per heavy atom. The highest BCUT2D eigenvalue weighted by Gasteiger charge is 2.32. The molecule has 1 aliphatic rings. The van der Waals surface area contributed by atoms with Crippen molar-refractivity contribution in [3.05, 3.63) is 0 Å². The molecule has 0 bridgehead atoms. The third-order valence-corrected chi connectivity index (χ3v) is 4.23. The Hall–Kier alpha value is -0.0800. The van der Waals surface area contributed by atoms with Crippen LogP contribution in [0.4, 0.5) is 0 Å². The molecule has 1 saturated heterocycles. The van der Waals surface area contributed by atoms with Gasteiger partial charge in [-0.25, -0.2) is 0 Å². The molecule has 0 aromatic heterocycles. The van der Waals surface area contributed by atoms with Crippen LogP contribution < -0.4 is 5.32 Å². The van der Waals surface area contributed by atoms with E-state index in [0.717, 1.165) is 13.1 Å². The third kappa shape index (κ3) is 5.87. The SMILES string of the molecule is CCCCCCCCCCC1(CO)CCNC1. The van der Waals surface area contributed by atoms with E-state index in [2.05, 4.69) is 12.2 Å². The maximum absolute atomic E-state index is 9.48. The smallest absolute Gasteiger partial charge is 0.0500 e. The second kappa shape index (κ2) is 8.93. The molecule has 1 heterocycles. The minimum Gasteiger partial charge on any atom is -0.396 e. The second-order valence-corrected chi connectivity index (χ2v) is 5.81. The fourth-order valence-electron chi connectivity index (χ4n) is 2.86. The minimum atomic E-state index is 0.224. The van der Waals surface area contributed by atoms with E-state index in [1.807, 2.05) is 0 Å². The van der Waals surface area contributed by atoms with Gasteiger partial charge in [-0.1, -0.05) is 58.3 Å². The first-order chi connectivity index (χ1) is 8.33. The van der Waals surface area contributed by atoms with Gasteiger partial charge in [0.25, 0.3) is 0 Å². The van der Waals surface area contributed by atoms with Crippen molar-refractivity contribution in [2.24, 2.45) is 5.41 Å². The van der Waals surface area contributed by atoms with Crippen molar-refractivity contribution in [2.45, 2.75) is 71.1 Å². The standard InChI is InChI=1S/C15H31NO/c1-2-3-4-5-6-7-8-9-10-15(14-17)11-12-16-13-15/h16-17H,2-14H2,1H3. The monoisotopic (exact) mass is 241 g/mol. The van der Waals surface area contributed by atoms with Crippen LogP contribution in [0.1, 0.15) is 71.1 Å². The lowest BCUT2D eigenvalue weighted by molar-refractivity contribution is 0.130. The van der Waals surface area contributed by atoms with Crippen LogP contribution in [0.5, 0.6) is 0 Å². The van der Waals surface area contributed by atoms with Gasteiger partial charge >= 0.3 is 0 Å². The van der Waals surface area contributed by atoms with Crippen molar-refractivity contribution in [2.75, 3.05) is 19.7 Å². The molecule has 0 radical (unpaired) electrons. The minimum absolute atomic E-state index is 0.224. The van der Waals surface area contributed by atoms with Gasteiger partial charge < -0.3 is 10.4 Å². The average Bonchev–Trinajstić information content (AvgIpc) is 2.82. The molecule has 0 amide bonds. The zero-order chi connectivity index (χ0) is 12.4. The number of nitrogens with one attached hydrogen (secondary N) is 1. The largest absolute Gasteiger partial charge is 0.396 e. The van der Waals surface area contributed by atoms with Gasteiger partial charge in [0.15, 0.2) is 0 Å². The molecule has 0 spiro atoms. The summed E-state index contributed by atoms with van der Waals surface area (Å²) < 4.78 is 0. The Kier molecular flexibility index (Phi) is 7.87. The first-order valence-electron chi connectivity index (χ1n) is 7.64. The van der Waals surface area contributed by atoms with Gasteiger partial charge in [0.1, 0.15) is 0 Å². The maximum Gasteiger partial charge on any atom is 0.0500 e. The first kappa shape index (κ1) is 15.0. The molecule has 1 fully saturated rings. The lowest BCUT2D eigenvalue weighted by atomic mass is 9.82. The van der Waals surface area contributed by atoms with Crippen LogP contribution in [0.25, 0.3) is 0 Å². The molecule has 17 heavy (non-hydrogen) atoms. The lowest BCUT2D eigenvalue weighted by Crippen LogP contribution is -2.28. The van der Waals surface area contributed by atoms with Gasteiger partial charge in [0.05, 0.1) is 0 Å². The molecule has 1 atom stereocenters. The number of rotatable bonds is 10. The van der Waals surface area contributed by atoms with Crippen molar-refractivity contribution >= 4 is 0 Å². The average molecular weight is 241 g/mol. The number of hydrogen-bond donors (Lipinski definition) is 2. The lowest BCUT2D eigenvalue weighted by Gasteiger charge is -2.25. The van der Waals surface area contributed by atoms with E-state index in [0.29, 0.717) is 6.61 Å². The van der Waals surface area contributed by atoms with Gasteiger partial charge in [-0.2, -0.15) is 0 Å². The van der Waals surface area contributed by atoms with Crippen LogP contribution in [0.15, 0.2) is 0 Å². The van der Waals surface area contributed by atoms with Crippen molar-refractivity contribution < 1.29 is 5.11 Å². The Bertz CT molecular complexity index is 176. The van der Waals surface area contributed by atoms with Crippen LogP contribution in [-0.4, -0.2) is 24.8 Å². The van der Waals surface area contributed by atoms with Gasteiger partial charge in [-0.15, -0.1) is 0 Å². The highest BCUT2D eigenvalue weighted by molar-refractivity contribution is 4.86. The van der Waals surface area contributed by atoms with Crippen molar-refractivity contribution in [1.82, 2.24) is 5.32 Å². The Morgan fingerprint density at radius 1 is 1.00 bits per heavy atom. The van der Waals surface area contributed by atoms with Gasteiger partial charge in [-0.3, -0.25) is 0 Å². The highest BCUT2D eigenvalue weighted by Crippen LogP contribution is 2.31. The molecular weight excluding hydrogens is 210 g/mol. The van der Waals surface area contributed by atoms with E-state index in [4.69, 9.17) is 0 Å². The summed E-state index contributed by atoms with van der Waals surface area (Å²) >= 11 is 0. The summed E-state index contributed by atoms with van der Waals surface area (Å²) in [7, 11) is 0. The number of hydrogen-bond acceptors (Lipinski definition) is 2. The summed E-state index contributed by atoms with van der Waals surface area (Å²) in [4.78, 5) is 0. The van der Waals surface area contributed by atoms with E-state index in [9.17, 15) is 5.11 Å². The molecule has 2 N–H and O–H groups in total. The van der Waals surface area contributed by atoms with Gasteiger partial charge in [0, 0.05) is 18.6 Å². The fourth-order valence-corrected chi connectivity index (χ4v) is 2.86. The predicted octanol–water partition coefficient (Wildman–Crippen LogP) is 3.49. The molecule has 0 saturated carbocycles. The van der Waals surface area contributed by atoms with Crippen molar-refractivity contribution in [3.8, 4) is 0 Å². The molecule has 1 rings (SSSR count). The molecule has 2 nitrogen and oxygen atoms in total. The summed E-state index contributed by atoms with van der Waals surface area (Å²) in [6.45, 7) is 4.76. The van der Waals surface area contributed by atoms with Gasteiger partial charge in [-0.05, 0) is 19.4 Å². The van der Waals surface area contributed by atoms with Crippen LogP contribution in [0.3, 0.4) is 0 Å². The highest BCUT2D eigenvalue weighted by atomic mass is 16.3. The Labute approximate surface area is 107 Å². The van der Waals surface area contributed by atoms with E-state index < -0.39 is 0 Å². The molecule has 2 heteroatoms.